The van der Waals surface area contributed by atoms with Crippen LogP contribution in [0.4, 0.5) is 23.1 Å². The number of nitrogens with one attached hydrogen (secondary N) is 3. The molecular weight excluding hydrogens is 854 g/mol. The predicted molar refractivity (Wildman–Crippen MR) is 265 cm³/mol. The van der Waals surface area contributed by atoms with Gasteiger partial charge in [-0.1, -0.05) is 63.6 Å². The van der Waals surface area contributed by atoms with Gasteiger partial charge in [0.2, 0.25) is 0 Å². The Kier molecular flexibility index (Phi) is 12.8. The molecule has 4 aromatic carbocycles. The maximum atomic E-state index is 13.1. The van der Waals surface area contributed by atoms with E-state index in [0.29, 0.717) is 61.9 Å². The lowest BCUT2D eigenvalue weighted by molar-refractivity contribution is 0.0697. The number of hydrogen-bond acceptors (Lipinski definition) is 10. The van der Waals surface area contributed by atoms with Gasteiger partial charge in [-0.15, -0.1) is 0 Å². The zero-order chi connectivity index (χ0) is 47.2. The summed E-state index contributed by atoms with van der Waals surface area (Å²) >= 11 is 5.99. The number of carbonyl (C=O) groups excluding carboxylic acids is 1. The molecule has 1 amide bonds. The smallest absolute Gasteiger partial charge is 0.337 e. The van der Waals surface area contributed by atoms with Gasteiger partial charge in [-0.2, -0.15) is 0 Å². The number of rotatable bonds is 9. The average Bonchev–Trinajstić information content (AvgIpc) is 3.65. The van der Waals surface area contributed by atoms with Gasteiger partial charge in [-0.25, -0.2) is 4.79 Å². The molecule has 2 fully saturated rings. The van der Waals surface area contributed by atoms with Crippen molar-refractivity contribution in [3.05, 3.63) is 137 Å². The number of carboxylic acid groups (broad SMARTS) is 1. The van der Waals surface area contributed by atoms with Crippen molar-refractivity contribution in [2.24, 2.45) is 10.8 Å². The van der Waals surface area contributed by atoms with E-state index in [1.807, 2.05) is 64.1 Å². The molecule has 2 aromatic heterocycles. The third-order valence-electron chi connectivity index (χ3n) is 13.5. The third-order valence-corrected chi connectivity index (χ3v) is 13.8. The van der Waals surface area contributed by atoms with Gasteiger partial charge in [0, 0.05) is 72.4 Å². The molecule has 0 spiro atoms. The lowest BCUT2D eigenvalue weighted by Gasteiger charge is -2.37. The van der Waals surface area contributed by atoms with Gasteiger partial charge in [0.25, 0.3) is 5.91 Å². The molecule has 4 N–H and O–H groups in total. The lowest BCUT2D eigenvalue weighted by atomic mass is 9.83. The van der Waals surface area contributed by atoms with Gasteiger partial charge >= 0.3 is 5.97 Å². The first-order valence-corrected chi connectivity index (χ1v) is 23.3. The number of piperidine rings is 2. The fraction of sp³-hybridized carbons (Fsp3) is 0.396. The molecule has 2 saturated heterocycles. The fourth-order valence-electron chi connectivity index (χ4n) is 9.31. The van der Waals surface area contributed by atoms with Crippen molar-refractivity contribution < 1.29 is 23.5 Å². The monoisotopic (exact) mass is 913 g/mol. The summed E-state index contributed by atoms with van der Waals surface area (Å²) in [6, 6.07) is 21.1. The van der Waals surface area contributed by atoms with E-state index in [1.54, 1.807) is 24.3 Å². The van der Waals surface area contributed by atoms with Crippen LogP contribution < -0.4 is 36.6 Å². The maximum Gasteiger partial charge on any atom is 0.337 e. The Morgan fingerprint density at radius 1 is 0.697 bits per heavy atom. The Bertz CT molecular complexity index is 2970. The van der Waals surface area contributed by atoms with Crippen LogP contribution in [0.25, 0.3) is 21.9 Å². The van der Waals surface area contributed by atoms with Gasteiger partial charge < -0.3 is 39.7 Å². The topological polar surface area (TPSA) is 157 Å². The molecule has 3 aliphatic rings. The van der Waals surface area contributed by atoms with Gasteiger partial charge in [-0.3, -0.25) is 14.4 Å². The lowest BCUT2D eigenvalue weighted by Crippen LogP contribution is -2.37. The van der Waals surface area contributed by atoms with Crippen LogP contribution in [-0.2, 0) is 6.54 Å². The number of amides is 1. The van der Waals surface area contributed by atoms with E-state index in [9.17, 15) is 24.3 Å². The second-order valence-electron chi connectivity index (χ2n) is 19.9. The molecule has 6 aromatic rings. The highest BCUT2D eigenvalue weighted by atomic mass is 35.5. The minimum Gasteiger partial charge on any atom is -0.478 e. The van der Waals surface area contributed by atoms with Crippen LogP contribution in [-0.4, -0.2) is 43.2 Å². The molecule has 2 unspecified atom stereocenters. The summed E-state index contributed by atoms with van der Waals surface area (Å²) in [6.07, 6.45) is 4.19. The largest absolute Gasteiger partial charge is 0.478 e. The molecule has 5 heterocycles. The molecule has 13 heteroatoms. The molecule has 66 heavy (non-hydrogen) atoms. The molecule has 2 atom stereocenters. The molecule has 0 radical (unpaired) electrons. The average molecular weight is 915 g/mol. The first-order valence-electron chi connectivity index (χ1n) is 22.9. The summed E-state index contributed by atoms with van der Waals surface area (Å²) < 4.78 is 12.8. The number of fused-ring (bicyclic) bond motifs is 3. The highest BCUT2D eigenvalue weighted by Crippen LogP contribution is 2.37. The van der Waals surface area contributed by atoms with Crippen molar-refractivity contribution in [3.8, 4) is 0 Å². The summed E-state index contributed by atoms with van der Waals surface area (Å²) in [5.41, 5.74) is 8.31. The molecule has 12 nitrogen and oxygen atoms in total. The number of benzene rings is 4. The van der Waals surface area contributed by atoms with E-state index < -0.39 is 5.97 Å². The van der Waals surface area contributed by atoms with Crippen LogP contribution in [0.3, 0.4) is 0 Å². The zero-order valence-corrected chi connectivity index (χ0v) is 39.9. The predicted octanol–water partition coefficient (Wildman–Crippen LogP) is 11.4. The van der Waals surface area contributed by atoms with Crippen molar-refractivity contribution in [1.29, 1.82) is 0 Å². The molecule has 9 rings (SSSR count). The standard InChI is InChI=1S/C27H31N3O3.C26H29ClN2O4/c1-16-12-19(17(2)29-21-7-5-6-18-15-28-26(32)24(18)21)25-20(13-16)22(31)14-23(33-25)30-10-8-27(3,4)9-11-30;1-15-11-18(16(2)28-21-6-5-17(27)13-19(21)25(31)32)24-20(12-15)22(30)14-23(33-24)29-9-7-26(3,4)8-10-29/h5-7,12-14,17,29H,8-11,15H2,1-4H3,(H,28,32);5-6,11-14,16,28H,7-10H2,1-4H3,(H,31,32). The van der Waals surface area contributed by atoms with Crippen LogP contribution in [0.2, 0.25) is 5.02 Å². The molecule has 0 aliphatic carbocycles. The number of carboxylic acids is 1. The number of aryl methyl sites for hydroxylation is 2. The molecule has 0 bridgehead atoms. The van der Waals surface area contributed by atoms with Crippen molar-refractivity contribution >= 4 is 68.6 Å². The summed E-state index contributed by atoms with van der Waals surface area (Å²) in [7, 11) is 0. The number of nitrogens with zero attached hydrogens (tertiary/aromatic N) is 2. The molecule has 346 valence electrons. The van der Waals surface area contributed by atoms with Crippen molar-refractivity contribution in [1.82, 2.24) is 5.32 Å². The minimum atomic E-state index is -1.07. The normalized spacial score (nSPS) is 17.4. The van der Waals surface area contributed by atoms with Gasteiger partial charge in [-0.05, 0) is 117 Å². The second-order valence-corrected chi connectivity index (χ2v) is 20.3. The second kappa shape index (κ2) is 18.2. The maximum absolute atomic E-state index is 13.1. The number of aromatic carboxylic acids is 1. The summed E-state index contributed by atoms with van der Waals surface area (Å²) in [5, 5.41) is 20.7. The molecule has 3 aliphatic heterocycles. The van der Waals surface area contributed by atoms with Crippen molar-refractivity contribution in [2.45, 2.75) is 99.7 Å². The highest BCUT2D eigenvalue weighted by molar-refractivity contribution is 6.31. The SMILES string of the molecule is Cc1cc(C(C)Nc2ccc(Cl)cc2C(=O)O)c2oc(N3CCC(C)(C)CC3)cc(=O)c2c1.Cc1cc(C(C)Nc2cccc3c2C(=O)NC3)c2oc(N3CCC(C)(C)CC3)cc(=O)c2c1. The zero-order valence-electron chi connectivity index (χ0n) is 39.1. The Labute approximate surface area is 390 Å². The summed E-state index contributed by atoms with van der Waals surface area (Å²) in [5.74, 6) is 0.0951. The van der Waals surface area contributed by atoms with Crippen LogP contribution in [0.5, 0.6) is 0 Å². The Morgan fingerprint density at radius 2 is 1.18 bits per heavy atom. The van der Waals surface area contributed by atoms with Crippen LogP contribution >= 0.6 is 11.6 Å². The first kappa shape index (κ1) is 46.3. The molecular formula is C53H60ClN5O7. The van der Waals surface area contributed by atoms with Crippen LogP contribution in [0, 0.1) is 24.7 Å². The Balaban J connectivity index is 0.000000179. The van der Waals surface area contributed by atoms with E-state index in [-0.39, 0.29) is 39.8 Å². The number of hydrogen-bond donors (Lipinski definition) is 4. The third kappa shape index (κ3) is 9.79. The van der Waals surface area contributed by atoms with Gasteiger partial charge in [0.15, 0.2) is 22.6 Å². The number of halogens is 1. The number of anilines is 4. The minimum absolute atomic E-state index is 0.0202. The Hall–Kier alpha value is -6.27. The van der Waals surface area contributed by atoms with E-state index >= 15 is 0 Å². The summed E-state index contributed by atoms with van der Waals surface area (Å²) in [4.78, 5) is 54.5. The highest BCUT2D eigenvalue weighted by Gasteiger charge is 2.30. The van der Waals surface area contributed by atoms with Gasteiger partial charge in [0.1, 0.15) is 11.2 Å². The van der Waals surface area contributed by atoms with Gasteiger partial charge in [0.05, 0.1) is 34.0 Å². The van der Waals surface area contributed by atoms with Crippen LogP contribution in [0.1, 0.15) is 128 Å². The summed E-state index contributed by atoms with van der Waals surface area (Å²) in [6.45, 7) is 21.0. The van der Waals surface area contributed by atoms with E-state index in [0.717, 1.165) is 85.4 Å². The quantitative estimate of drug-likeness (QED) is 0.109. The number of carbonyl (C=O) groups is 2. The van der Waals surface area contributed by atoms with Crippen molar-refractivity contribution in [3.63, 3.8) is 0 Å². The van der Waals surface area contributed by atoms with E-state index in [2.05, 4.69) is 59.5 Å². The fourth-order valence-corrected chi connectivity index (χ4v) is 9.48. The van der Waals surface area contributed by atoms with E-state index in [4.69, 9.17) is 20.4 Å². The first-order chi connectivity index (χ1) is 31.3. The Morgan fingerprint density at radius 3 is 1.67 bits per heavy atom. The van der Waals surface area contributed by atoms with Crippen molar-refractivity contribution in [2.75, 3.05) is 46.6 Å². The van der Waals surface area contributed by atoms with E-state index in [1.165, 1.54) is 6.07 Å². The van der Waals surface area contributed by atoms with Crippen LogP contribution in [0.15, 0.2) is 91.2 Å². The molecule has 0 saturated carbocycles.